The van der Waals surface area contributed by atoms with E-state index in [1.54, 1.807) is 0 Å². The number of hydrogen-bond acceptors (Lipinski definition) is 2. The summed E-state index contributed by atoms with van der Waals surface area (Å²) in [6, 6.07) is 9.63. The summed E-state index contributed by atoms with van der Waals surface area (Å²) in [5.41, 5.74) is 1.89. The first-order chi connectivity index (χ1) is 6.38. The highest BCUT2D eigenvalue weighted by molar-refractivity contribution is 5.27. The molecule has 2 heteroatoms. The average molecular weight is 176 g/mol. The van der Waals surface area contributed by atoms with Gasteiger partial charge in [0.2, 0.25) is 0 Å². The van der Waals surface area contributed by atoms with Crippen LogP contribution in [-0.4, -0.2) is 18.3 Å². The lowest BCUT2D eigenvalue weighted by Gasteiger charge is -2.10. The Hall–Kier alpha value is -1.12. The Balaban J connectivity index is 2.17. The maximum Gasteiger partial charge on any atom is 0.102 e. The van der Waals surface area contributed by atoms with Gasteiger partial charge in [-0.05, 0) is 11.1 Å². The molecule has 68 valence electrons. The quantitative estimate of drug-likeness (QED) is 0.695. The van der Waals surface area contributed by atoms with Gasteiger partial charge in [-0.1, -0.05) is 36.4 Å². The summed E-state index contributed by atoms with van der Waals surface area (Å²) in [7, 11) is 0. The smallest absolute Gasteiger partial charge is 0.102 e. The Morgan fingerprint density at radius 2 is 2.00 bits per heavy atom. The molecule has 1 N–H and O–H groups in total. The van der Waals surface area contributed by atoms with E-state index in [0.29, 0.717) is 13.2 Å². The molecule has 0 aliphatic carbocycles. The van der Waals surface area contributed by atoms with Gasteiger partial charge in [0.15, 0.2) is 0 Å². The second kappa shape index (κ2) is 3.73. The Kier molecular flexibility index (Phi) is 2.43. The third-order valence-corrected chi connectivity index (χ3v) is 2.20. The molecule has 0 saturated heterocycles. The van der Waals surface area contributed by atoms with Crippen molar-refractivity contribution in [3.63, 3.8) is 0 Å². The van der Waals surface area contributed by atoms with E-state index in [1.807, 2.05) is 36.4 Å². The third kappa shape index (κ3) is 1.79. The van der Waals surface area contributed by atoms with Crippen LogP contribution >= 0.6 is 0 Å². The van der Waals surface area contributed by atoms with Crippen LogP contribution in [0, 0.1) is 0 Å². The molecule has 1 aromatic rings. The predicted molar refractivity (Wildman–Crippen MR) is 50.3 cm³/mol. The zero-order chi connectivity index (χ0) is 9.10. The van der Waals surface area contributed by atoms with Crippen molar-refractivity contribution in [1.82, 2.24) is 0 Å². The van der Waals surface area contributed by atoms with Crippen LogP contribution in [0.15, 0.2) is 42.0 Å². The maximum absolute atomic E-state index is 9.87. The van der Waals surface area contributed by atoms with Gasteiger partial charge in [0, 0.05) is 0 Å². The third-order valence-electron chi connectivity index (χ3n) is 2.20. The summed E-state index contributed by atoms with van der Waals surface area (Å²) in [5.74, 6) is 0. The molecule has 1 aliphatic rings. The standard InChI is InChI=1S/C11H12O2/c12-11(10-6-7-13-8-10)9-4-2-1-3-5-9/h1-6,11-12H,7-8H2. The molecule has 1 unspecified atom stereocenters. The number of ether oxygens (including phenoxy) is 1. The maximum atomic E-state index is 9.87. The van der Waals surface area contributed by atoms with Gasteiger partial charge >= 0.3 is 0 Å². The molecule has 2 nitrogen and oxygen atoms in total. The molecule has 1 aliphatic heterocycles. The number of rotatable bonds is 2. The van der Waals surface area contributed by atoms with Gasteiger partial charge < -0.3 is 9.84 Å². The number of hydrogen-bond donors (Lipinski definition) is 1. The Morgan fingerprint density at radius 3 is 2.62 bits per heavy atom. The first kappa shape index (κ1) is 8.48. The van der Waals surface area contributed by atoms with Crippen molar-refractivity contribution in [3.8, 4) is 0 Å². The fraction of sp³-hybridized carbons (Fsp3) is 0.273. The number of benzene rings is 1. The normalized spacial score (nSPS) is 18.4. The highest BCUT2D eigenvalue weighted by atomic mass is 16.5. The molecule has 0 fully saturated rings. The van der Waals surface area contributed by atoms with E-state index in [2.05, 4.69) is 0 Å². The van der Waals surface area contributed by atoms with Crippen molar-refractivity contribution < 1.29 is 9.84 Å². The van der Waals surface area contributed by atoms with Crippen molar-refractivity contribution in [2.45, 2.75) is 6.10 Å². The van der Waals surface area contributed by atoms with Gasteiger partial charge in [0.25, 0.3) is 0 Å². The van der Waals surface area contributed by atoms with Gasteiger partial charge in [0.1, 0.15) is 6.10 Å². The van der Waals surface area contributed by atoms with Crippen molar-refractivity contribution in [2.24, 2.45) is 0 Å². The summed E-state index contributed by atoms with van der Waals surface area (Å²) in [6.45, 7) is 1.18. The predicted octanol–water partition coefficient (Wildman–Crippen LogP) is 1.68. The molecule has 1 aromatic carbocycles. The largest absolute Gasteiger partial charge is 0.384 e. The molecule has 13 heavy (non-hydrogen) atoms. The van der Waals surface area contributed by atoms with Crippen molar-refractivity contribution in [2.75, 3.05) is 13.2 Å². The monoisotopic (exact) mass is 176 g/mol. The Labute approximate surface area is 77.5 Å². The van der Waals surface area contributed by atoms with Gasteiger partial charge in [-0.25, -0.2) is 0 Å². The van der Waals surface area contributed by atoms with E-state index in [9.17, 15) is 5.11 Å². The summed E-state index contributed by atoms with van der Waals surface area (Å²) in [5, 5.41) is 9.87. The molecular formula is C11H12O2. The highest BCUT2D eigenvalue weighted by Gasteiger charge is 2.15. The summed E-state index contributed by atoms with van der Waals surface area (Å²) in [6.07, 6.45) is 1.45. The van der Waals surface area contributed by atoms with Crippen LogP contribution in [0.4, 0.5) is 0 Å². The van der Waals surface area contributed by atoms with Crippen molar-refractivity contribution >= 4 is 0 Å². The van der Waals surface area contributed by atoms with E-state index >= 15 is 0 Å². The highest BCUT2D eigenvalue weighted by Crippen LogP contribution is 2.23. The van der Waals surface area contributed by atoms with Crippen LogP contribution in [0.3, 0.4) is 0 Å². The van der Waals surface area contributed by atoms with Gasteiger partial charge in [0.05, 0.1) is 13.2 Å². The van der Waals surface area contributed by atoms with E-state index < -0.39 is 6.10 Å². The molecular weight excluding hydrogens is 164 g/mol. The fourth-order valence-corrected chi connectivity index (χ4v) is 1.44. The average Bonchev–Trinajstić information content (AvgIpc) is 2.71. The topological polar surface area (TPSA) is 29.5 Å². The summed E-state index contributed by atoms with van der Waals surface area (Å²) >= 11 is 0. The lowest BCUT2D eigenvalue weighted by atomic mass is 10.0. The van der Waals surface area contributed by atoms with Crippen LogP contribution in [0.1, 0.15) is 11.7 Å². The zero-order valence-corrected chi connectivity index (χ0v) is 7.31. The second-order valence-electron chi connectivity index (χ2n) is 3.11. The van der Waals surface area contributed by atoms with Crippen LogP contribution in [0.5, 0.6) is 0 Å². The first-order valence-corrected chi connectivity index (χ1v) is 4.37. The van der Waals surface area contributed by atoms with E-state index in [1.165, 1.54) is 0 Å². The molecule has 0 radical (unpaired) electrons. The summed E-state index contributed by atoms with van der Waals surface area (Å²) in [4.78, 5) is 0. The molecule has 1 atom stereocenters. The van der Waals surface area contributed by atoms with Gasteiger partial charge in [-0.3, -0.25) is 0 Å². The molecule has 2 rings (SSSR count). The minimum Gasteiger partial charge on any atom is -0.384 e. The van der Waals surface area contributed by atoms with Crippen molar-refractivity contribution in [1.29, 1.82) is 0 Å². The SMILES string of the molecule is OC(C1=CCOC1)c1ccccc1. The molecule has 0 aromatic heterocycles. The zero-order valence-electron chi connectivity index (χ0n) is 7.31. The molecule has 1 heterocycles. The van der Waals surface area contributed by atoms with Crippen LogP contribution in [-0.2, 0) is 4.74 Å². The van der Waals surface area contributed by atoms with E-state index in [-0.39, 0.29) is 0 Å². The molecule has 0 amide bonds. The fourth-order valence-electron chi connectivity index (χ4n) is 1.44. The minimum atomic E-state index is -0.497. The summed E-state index contributed by atoms with van der Waals surface area (Å²) < 4.78 is 5.15. The minimum absolute atomic E-state index is 0.497. The van der Waals surface area contributed by atoms with Crippen molar-refractivity contribution in [3.05, 3.63) is 47.5 Å². The van der Waals surface area contributed by atoms with Crippen LogP contribution in [0.2, 0.25) is 0 Å². The van der Waals surface area contributed by atoms with Crippen LogP contribution in [0.25, 0.3) is 0 Å². The van der Waals surface area contributed by atoms with Gasteiger partial charge in [-0.2, -0.15) is 0 Å². The number of aliphatic hydroxyl groups excluding tert-OH is 1. The van der Waals surface area contributed by atoms with E-state index in [0.717, 1.165) is 11.1 Å². The Morgan fingerprint density at radius 1 is 1.23 bits per heavy atom. The van der Waals surface area contributed by atoms with Gasteiger partial charge in [-0.15, -0.1) is 0 Å². The lowest BCUT2D eigenvalue weighted by molar-refractivity contribution is 0.169. The molecule has 0 saturated carbocycles. The first-order valence-electron chi connectivity index (χ1n) is 4.37. The number of aliphatic hydroxyl groups is 1. The Bertz CT molecular complexity index is 303. The molecule has 0 bridgehead atoms. The second-order valence-corrected chi connectivity index (χ2v) is 3.11. The lowest BCUT2D eigenvalue weighted by Crippen LogP contribution is -2.02. The van der Waals surface area contributed by atoms with Crippen LogP contribution < -0.4 is 0 Å². The van der Waals surface area contributed by atoms with E-state index in [4.69, 9.17) is 4.74 Å². The molecule has 0 spiro atoms.